The van der Waals surface area contributed by atoms with Crippen LogP contribution in [0.4, 0.5) is 5.69 Å². The van der Waals surface area contributed by atoms with E-state index in [1.807, 2.05) is 4.90 Å². The number of carboxylic acid groups (broad SMARTS) is 1. The van der Waals surface area contributed by atoms with Crippen molar-refractivity contribution in [3.63, 3.8) is 0 Å². The van der Waals surface area contributed by atoms with Crippen molar-refractivity contribution in [2.24, 2.45) is 0 Å². The van der Waals surface area contributed by atoms with E-state index in [-0.39, 0.29) is 0 Å². The molecule has 0 aliphatic carbocycles. The van der Waals surface area contributed by atoms with Gasteiger partial charge in [0.25, 0.3) is 0 Å². The van der Waals surface area contributed by atoms with Gasteiger partial charge in [0.05, 0.1) is 12.7 Å². The highest BCUT2D eigenvalue weighted by Gasteiger charge is 2.30. The van der Waals surface area contributed by atoms with Crippen LogP contribution in [0.3, 0.4) is 0 Å². The number of carbonyl (C=O) groups is 2. The van der Waals surface area contributed by atoms with Crippen molar-refractivity contribution in [2.45, 2.75) is 18.9 Å². The van der Waals surface area contributed by atoms with Gasteiger partial charge in [-0.15, -0.1) is 0 Å². The molecule has 5 heteroatoms. The summed E-state index contributed by atoms with van der Waals surface area (Å²) in [6.07, 6.45) is 1.53. The van der Waals surface area contributed by atoms with Gasteiger partial charge in [-0.3, -0.25) is 0 Å². The number of benzene rings is 1. The molecule has 0 bridgehead atoms. The molecule has 5 nitrogen and oxygen atoms in total. The van der Waals surface area contributed by atoms with Crippen LogP contribution in [0.2, 0.25) is 0 Å². The Labute approximate surface area is 105 Å². The van der Waals surface area contributed by atoms with Gasteiger partial charge in [-0.2, -0.15) is 0 Å². The average molecular weight is 249 g/mol. The van der Waals surface area contributed by atoms with Crippen LogP contribution in [-0.2, 0) is 9.53 Å². The fourth-order valence-corrected chi connectivity index (χ4v) is 2.24. The molecular formula is C13H15NO4. The first kappa shape index (κ1) is 12.4. The number of rotatable bonds is 3. The third-order valence-electron chi connectivity index (χ3n) is 3.16. The van der Waals surface area contributed by atoms with Crippen LogP contribution < -0.4 is 4.90 Å². The van der Waals surface area contributed by atoms with Crippen molar-refractivity contribution in [2.75, 3.05) is 18.6 Å². The SMILES string of the molecule is COC(=O)c1ccc(N2CCC[C@H]2C(=O)O)cc1. The second kappa shape index (κ2) is 5.08. The summed E-state index contributed by atoms with van der Waals surface area (Å²) in [6, 6.07) is 6.35. The summed E-state index contributed by atoms with van der Waals surface area (Å²) in [5.74, 6) is -1.19. The van der Waals surface area contributed by atoms with Crippen molar-refractivity contribution in [3.05, 3.63) is 29.8 Å². The van der Waals surface area contributed by atoms with E-state index in [1.165, 1.54) is 7.11 Å². The number of methoxy groups -OCH3 is 1. The van der Waals surface area contributed by atoms with Crippen LogP contribution in [0.25, 0.3) is 0 Å². The fourth-order valence-electron chi connectivity index (χ4n) is 2.24. The summed E-state index contributed by atoms with van der Waals surface area (Å²) in [4.78, 5) is 24.2. The third kappa shape index (κ3) is 2.30. The molecule has 2 rings (SSSR count). The number of anilines is 1. The van der Waals surface area contributed by atoms with E-state index in [1.54, 1.807) is 24.3 Å². The Hall–Kier alpha value is -2.04. The standard InChI is InChI=1S/C13H15NO4/c1-18-13(17)9-4-6-10(7-5-9)14-8-2-3-11(14)12(15)16/h4-7,11H,2-3,8H2,1H3,(H,15,16)/t11-/m0/s1. The Morgan fingerprint density at radius 1 is 1.33 bits per heavy atom. The molecule has 1 aliphatic rings. The number of nitrogens with zero attached hydrogens (tertiary/aromatic N) is 1. The smallest absolute Gasteiger partial charge is 0.337 e. The first-order chi connectivity index (χ1) is 8.63. The van der Waals surface area contributed by atoms with E-state index < -0.39 is 18.0 Å². The van der Waals surface area contributed by atoms with Crippen molar-refractivity contribution in [1.82, 2.24) is 0 Å². The summed E-state index contributed by atoms with van der Waals surface area (Å²) in [5.41, 5.74) is 1.29. The Kier molecular flexibility index (Phi) is 3.50. The number of carbonyl (C=O) groups excluding carboxylic acids is 1. The van der Waals surface area contributed by atoms with Crippen LogP contribution in [0.5, 0.6) is 0 Å². The molecule has 0 spiro atoms. The largest absolute Gasteiger partial charge is 0.480 e. The number of ether oxygens (including phenoxy) is 1. The topological polar surface area (TPSA) is 66.8 Å². The lowest BCUT2D eigenvalue weighted by Crippen LogP contribution is -2.35. The molecule has 1 saturated heterocycles. The zero-order chi connectivity index (χ0) is 13.1. The Bertz CT molecular complexity index is 455. The molecule has 0 unspecified atom stereocenters. The predicted octanol–water partition coefficient (Wildman–Crippen LogP) is 1.53. The molecule has 0 amide bonds. The van der Waals surface area contributed by atoms with E-state index in [0.717, 1.165) is 18.7 Å². The Morgan fingerprint density at radius 2 is 2.00 bits per heavy atom. The van der Waals surface area contributed by atoms with E-state index in [0.29, 0.717) is 12.0 Å². The highest BCUT2D eigenvalue weighted by atomic mass is 16.5. The molecule has 1 aromatic carbocycles. The molecular weight excluding hydrogens is 234 g/mol. The molecule has 0 radical (unpaired) electrons. The van der Waals surface area contributed by atoms with Crippen molar-refractivity contribution >= 4 is 17.6 Å². The number of carboxylic acids is 1. The van der Waals surface area contributed by atoms with Gasteiger partial charge in [0, 0.05) is 12.2 Å². The van der Waals surface area contributed by atoms with Crippen molar-refractivity contribution < 1.29 is 19.4 Å². The summed E-state index contributed by atoms with van der Waals surface area (Å²) in [6.45, 7) is 0.731. The summed E-state index contributed by atoms with van der Waals surface area (Å²) in [7, 11) is 1.33. The Morgan fingerprint density at radius 3 is 2.56 bits per heavy atom. The number of esters is 1. The zero-order valence-corrected chi connectivity index (χ0v) is 10.1. The molecule has 18 heavy (non-hydrogen) atoms. The first-order valence-corrected chi connectivity index (χ1v) is 5.81. The van der Waals surface area contributed by atoms with Gasteiger partial charge in [0.2, 0.25) is 0 Å². The lowest BCUT2D eigenvalue weighted by Gasteiger charge is -2.23. The minimum absolute atomic E-state index is 0.391. The molecule has 96 valence electrons. The molecule has 1 N–H and O–H groups in total. The fraction of sp³-hybridized carbons (Fsp3) is 0.385. The molecule has 1 heterocycles. The van der Waals surface area contributed by atoms with Crippen LogP contribution in [0.15, 0.2) is 24.3 Å². The quantitative estimate of drug-likeness (QED) is 0.823. The molecule has 1 aliphatic heterocycles. The maximum atomic E-state index is 11.3. The Balaban J connectivity index is 2.19. The highest BCUT2D eigenvalue weighted by molar-refractivity contribution is 5.90. The molecule has 1 atom stereocenters. The van der Waals surface area contributed by atoms with Crippen LogP contribution >= 0.6 is 0 Å². The highest BCUT2D eigenvalue weighted by Crippen LogP contribution is 2.26. The summed E-state index contributed by atoms with van der Waals surface area (Å²) in [5, 5.41) is 9.11. The number of aliphatic carboxylic acids is 1. The minimum atomic E-state index is -0.801. The van der Waals surface area contributed by atoms with E-state index in [9.17, 15) is 9.59 Å². The molecule has 1 fully saturated rings. The van der Waals surface area contributed by atoms with Gasteiger partial charge in [0.1, 0.15) is 6.04 Å². The van der Waals surface area contributed by atoms with Crippen molar-refractivity contribution in [1.29, 1.82) is 0 Å². The van der Waals surface area contributed by atoms with Crippen molar-refractivity contribution in [3.8, 4) is 0 Å². The van der Waals surface area contributed by atoms with Gasteiger partial charge in [0.15, 0.2) is 0 Å². The van der Waals surface area contributed by atoms with Crippen LogP contribution in [-0.4, -0.2) is 36.7 Å². The first-order valence-electron chi connectivity index (χ1n) is 5.81. The molecule has 0 saturated carbocycles. The monoisotopic (exact) mass is 249 g/mol. The molecule has 0 aromatic heterocycles. The van der Waals surface area contributed by atoms with E-state index >= 15 is 0 Å². The number of hydrogen-bond donors (Lipinski definition) is 1. The summed E-state index contributed by atoms with van der Waals surface area (Å²) < 4.78 is 4.61. The lowest BCUT2D eigenvalue weighted by atomic mass is 10.1. The lowest BCUT2D eigenvalue weighted by molar-refractivity contribution is -0.138. The van der Waals surface area contributed by atoms with Gasteiger partial charge >= 0.3 is 11.9 Å². The second-order valence-electron chi connectivity index (χ2n) is 4.23. The van der Waals surface area contributed by atoms with Crippen LogP contribution in [0.1, 0.15) is 23.2 Å². The summed E-state index contributed by atoms with van der Waals surface area (Å²) >= 11 is 0. The second-order valence-corrected chi connectivity index (χ2v) is 4.23. The minimum Gasteiger partial charge on any atom is -0.480 e. The van der Waals surface area contributed by atoms with Gasteiger partial charge in [-0.25, -0.2) is 9.59 Å². The van der Waals surface area contributed by atoms with E-state index in [2.05, 4.69) is 4.74 Å². The van der Waals surface area contributed by atoms with E-state index in [4.69, 9.17) is 5.11 Å². The average Bonchev–Trinajstić information content (AvgIpc) is 2.87. The van der Waals surface area contributed by atoms with Gasteiger partial charge in [-0.1, -0.05) is 0 Å². The van der Waals surface area contributed by atoms with Gasteiger partial charge < -0.3 is 14.7 Å². The zero-order valence-electron chi connectivity index (χ0n) is 10.1. The number of hydrogen-bond acceptors (Lipinski definition) is 4. The predicted molar refractivity (Wildman–Crippen MR) is 65.8 cm³/mol. The third-order valence-corrected chi connectivity index (χ3v) is 3.16. The normalized spacial score (nSPS) is 18.7. The van der Waals surface area contributed by atoms with Gasteiger partial charge in [-0.05, 0) is 37.1 Å². The maximum Gasteiger partial charge on any atom is 0.337 e. The van der Waals surface area contributed by atoms with Crippen LogP contribution in [0, 0.1) is 0 Å². The maximum absolute atomic E-state index is 11.3. The molecule has 1 aromatic rings.